The monoisotopic (exact) mass is 419 g/mol. The second-order valence-corrected chi connectivity index (χ2v) is 8.54. The number of rotatable bonds is 6. The predicted octanol–water partition coefficient (Wildman–Crippen LogP) is 3.62. The van der Waals surface area contributed by atoms with Gasteiger partial charge in [-0.05, 0) is 63.3 Å². The number of anilines is 1. The smallest absolute Gasteiger partial charge is 0.319 e. The minimum absolute atomic E-state index is 0.0188. The van der Waals surface area contributed by atoms with Crippen molar-refractivity contribution in [2.75, 3.05) is 18.0 Å². The van der Waals surface area contributed by atoms with E-state index in [1.54, 1.807) is 15.9 Å². The number of pyridine rings is 2. The highest BCUT2D eigenvalue weighted by Gasteiger charge is 2.42. The lowest BCUT2D eigenvalue weighted by Crippen LogP contribution is -2.46. The minimum atomic E-state index is -0.0190. The molecule has 1 aliphatic heterocycles. The lowest BCUT2D eigenvalue weighted by atomic mass is 9.75. The molecular formula is C23H29N7O. The molecule has 31 heavy (non-hydrogen) atoms. The first-order valence-corrected chi connectivity index (χ1v) is 10.7. The van der Waals surface area contributed by atoms with Gasteiger partial charge in [0.05, 0.1) is 6.34 Å². The van der Waals surface area contributed by atoms with Crippen LogP contribution in [0.1, 0.15) is 49.6 Å². The third-order valence-electron chi connectivity index (χ3n) is 6.21. The summed E-state index contributed by atoms with van der Waals surface area (Å²) in [6, 6.07) is 9.76. The number of aryl methyl sites for hydroxylation is 1. The number of amidine groups is 1. The SMILES string of the molecule is Cc1ccc(C2CC(N3CCN(c4cccc(C(=N)N(C=N)C(C)C)n4)C3=O)C2)cn1. The van der Waals surface area contributed by atoms with Gasteiger partial charge in [-0.25, -0.2) is 9.78 Å². The molecule has 0 unspecified atom stereocenters. The van der Waals surface area contributed by atoms with Crippen LogP contribution >= 0.6 is 0 Å². The third kappa shape index (κ3) is 4.02. The Morgan fingerprint density at radius 3 is 2.65 bits per heavy atom. The van der Waals surface area contributed by atoms with E-state index in [2.05, 4.69) is 16.0 Å². The molecule has 0 aromatic carbocycles. The number of nitrogens with zero attached hydrogens (tertiary/aromatic N) is 5. The summed E-state index contributed by atoms with van der Waals surface area (Å²) in [5.41, 5.74) is 2.72. The fourth-order valence-electron chi connectivity index (χ4n) is 4.25. The number of aromatic nitrogens is 2. The maximum atomic E-state index is 13.1. The van der Waals surface area contributed by atoms with E-state index in [1.165, 1.54) is 5.56 Å². The highest BCUT2D eigenvalue weighted by Crippen LogP contribution is 2.41. The van der Waals surface area contributed by atoms with Gasteiger partial charge in [-0.15, -0.1) is 0 Å². The molecule has 2 aromatic rings. The molecule has 0 radical (unpaired) electrons. The summed E-state index contributed by atoms with van der Waals surface area (Å²) in [5, 5.41) is 16.0. The van der Waals surface area contributed by atoms with E-state index in [0.29, 0.717) is 30.5 Å². The largest absolute Gasteiger partial charge is 0.326 e. The zero-order valence-corrected chi connectivity index (χ0v) is 18.2. The normalized spacial score (nSPS) is 20.7. The molecule has 3 heterocycles. The van der Waals surface area contributed by atoms with Crippen molar-refractivity contribution < 1.29 is 4.79 Å². The quantitative estimate of drug-likeness (QED) is 0.552. The number of amides is 2. The van der Waals surface area contributed by atoms with E-state index in [4.69, 9.17) is 10.8 Å². The van der Waals surface area contributed by atoms with Gasteiger partial charge in [0.1, 0.15) is 11.5 Å². The summed E-state index contributed by atoms with van der Waals surface area (Å²) in [4.78, 5) is 27.3. The number of hydrogen-bond acceptors (Lipinski definition) is 5. The number of carbonyl (C=O) groups is 1. The summed E-state index contributed by atoms with van der Waals surface area (Å²) < 4.78 is 0. The van der Waals surface area contributed by atoms with Crippen molar-refractivity contribution in [2.24, 2.45) is 0 Å². The predicted molar refractivity (Wildman–Crippen MR) is 121 cm³/mol. The second kappa shape index (κ2) is 8.45. The van der Waals surface area contributed by atoms with Crippen LogP contribution in [0.2, 0.25) is 0 Å². The Morgan fingerprint density at radius 1 is 1.23 bits per heavy atom. The Labute approximate surface area is 182 Å². The first-order valence-electron chi connectivity index (χ1n) is 10.7. The minimum Gasteiger partial charge on any atom is -0.319 e. The van der Waals surface area contributed by atoms with E-state index in [9.17, 15) is 4.79 Å². The third-order valence-corrected chi connectivity index (χ3v) is 6.21. The molecule has 1 saturated carbocycles. The van der Waals surface area contributed by atoms with Gasteiger partial charge in [0.15, 0.2) is 5.84 Å². The average molecular weight is 420 g/mol. The Kier molecular flexibility index (Phi) is 5.71. The van der Waals surface area contributed by atoms with Crippen LogP contribution in [0.15, 0.2) is 36.5 Å². The highest BCUT2D eigenvalue weighted by atomic mass is 16.2. The molecule has 2 aromatic heterocycles. The summed E-state index contributed by atoms with van der Waals surface area (Å²) >= 11 is 0. The molecule has 0 atom stereocenters. The molecule has 1 aliphatic carbocycles. The van der Waals surface area contributed by atoms with E-state index in [-0.39, 0.29) is 24.0 Å². The van der Waals surface area contributed by atoms with Crippen molar-refractivity contribution in [2.45, 2.75) is 51.6 Å². The zero-order chi connectivity index (χ0) is 22.1. The van der Waals surface area contributed by atoms with Crippen molar-refractivity contribution in [3.05, 3.63) is 53.5 Å². The summed E-state index contributed by atoms with van der Waals surface area (Å²) in [6.45, 7) is 7.10. The van der Waals surface area contributed by atoms with Gasteiger partial charge in [-0.2, -0.15) is 0 Å². The Bertz CT molecular complexity index is 982. The van der Waals surface area contributed by atoms with Crippen LogP contribution in [0.4, 0.5) is 10.6 Å². The number of urea groups is 1. The molecule has 2 fully saturated rings. The van der Waals surface area contributed by atoms with Crippen LogP contribution in [0, 0.1) is 17.7 Å². The van der Waals surface area contributed by atoms with Gasteiger partial charge >= 0.3 is 6.03 Å². The van der Waals surface area contributed by atoms with Gasteiger partial charge in [0, 0.05) is 37.1 Å². The van der Waals surface area contributed by atoms with Gasteiger partial charge in [-0.3, -0.25) is 20.7 Å². The number of nitrogens with one attached hydrogen (secondary N) is 2. The van der Waals surface area contributed by atoms with Crippen LogP contribution in [-0.4, -0.2) is 63.1 Å². The molecule has 8 heteroatoms. The maximum Gasteiger partial charge on any atom is 0.326 e. The van der Waals surface area contributed by atoms with Gasteiger partial charge in [0.2, 0.25) is 0 Å². The van der Waals surface area contributed by atoms with Gasteiger partial charge < -0.3 is 9.80 Å². The summed E-state index contributed by atoms with van der Waals surface area (Å²) in [6.07, 6.45) is 5.02. The average Bonchev–Trinajstić information content (AvgIpc) is 3.10. The van der Waals surface area contributed by atoms with Crippen molar-refractivity contribution in [3.63, 3.8) is 0 Å². The first kappa shape index (κ1) is 21.0. The number of carbonyl (C=O) groups excluding carboxylic acids is 1. The van der Waals surface area contributed by atoms with E-state index in [0.717, 1.165) is 24.9 Å². The van der Waals surface area contributed by atoms with Gasteiger partial charge in [-0.1, -0.05) is 12.1 Å². The lowest BCUT2D eigenvalue weighted by molar-refractivity contribution is 0.147. The first-order chi connectivity index (χ1) is 14.9. The fourth-order valence-corrected chi connectivity index (χ4v) is 4.25. The Morgan fingerprint density at radius 2 is 2.00 bits per heavy atom. The highest BCUT2D eigenvalue weighted by molar-refractivity contribution is 6.01. The molecule has 4 rings (SSSR count). The Balaban J connectivity index is 1.42. The van der Waals surface area contributed by atoms with Crippen molar-refractivity contribution >= 4 is 24.0 Å². The van der Waals surface area contributed by atoms with Crippen LogP contribution in [0.3, 0.4) is 0 Å². The zero-order valence-electron chi connectivity index (χ0n) is 18.2. The maximum absolute atomic E-state index is 13.1. The molecule has 0 spiro atoms. The summed E-state index contributed by atoms with van der Waals surface area (Å²) in [7, 11) is 0. The molecule has 0 bridgehead atoms. The second-order valence-electron chi connectivity index (χ2n) is 8.54. The topological polar surface area (TPSA) is 100 Å². The number of hydrogen-bond donors (Lipinski definition) is 2. The molecule has 2 amide bonds. The Hall–Kier alpha value is -3.29. The van der Waals surface area contributed by atoms with E-state index >= 15 is 0 Å². The summed E-state index contributed by atoms with van der Waals surface area (Å²) in [5.74, 6) is 1.18. The van der Waals surface area contributed by atoms with E-state index < -0.39 is 0 Å². The van der Waals surface area contributed by atoms with Crippen LogP contribution in [0.25, 0.3) is 0 Å². The molecular weight excluding hydrogens is 390 g/mol. The lowest BCUT2D eigenvalue weighted by Gasteiger charge is -2.41. The van der Waals surface area contributed by atoms with E-state index in [1.807, 2.05) is 50.1 Å². The van der Waals surface area contributed by atoms with Crippen LogP contribution < -0.4 is 4.90 Å². The standard InChI is InChI=1S/C23H29N7O/c1-15(2)30(14-24)22(25)20-5-4-6-21(27-20)29-10-9-28(23(29)31)19-11-18(12-19)17-8-7-16(3)26-13-17/h4-8,13-15,18-19,24-25H,9-12H2,1-3H3. The molecule has 2 N–H and O–H groups in total. The molecule has 162 valence electrons. The van der Waals surface area contributed by atoms with Crippen LogP contribution in [0.5, 0.6) is 0 Å². The van der Waals surface area contributed by atoms with Crippen molar-refractivity contribution in [1.29, 1.82) is 10.8 Å². The van der Waals surface area contributed by atoms with Crippen molar-refractivity contribution in [3.8, 4) is 0 Å². The van der Waals surface area contributed by atoms with Crippen molar-refractivity contribution in [1.82, 2.24) is 19.8 Å². The van der Waals surface area contributed by atoms with Gasteiger partial charge in [0.25, 0.3) is 0 Å². The van der Waals surface area contributed by atoms with Crippen LogP contribution in [-0.2, 0) is 0 Å². The fraction of sp³-hybridized carbons (Fsp3) is 0.435. The molecule has 8 nitrogen and oxygen atoms in total. The molecule has 1 saturated heterocycles. The molecule has 2 aliphatic rings.